The van der Waals surface area contributed by atoms with Crippen molar-refractivity contribution in [3.05, 3.63) is 33.8 Å². The number of aromatic nitrogens is 1. The Hall–Kier alpha value is -0.970. The molecule has 2 heterocycles. The van der Waals surface area contributed by atoms with Crippen LogP contribution in [0, 0.1) is 0 Å². The van der Waals surface area contributed by atoms with E-state index in [0.29, 0.717) is 22.0 Å². The van der Waals surface area contributed by atoms with Crippen LogP contribution in [0.15, 0.2) is 18.2 Å². The summed E-state index contributed by atoms with van der Waals surface area (Å²) in [7, 11) is 0. The lowest BCUT2D eigenvalue weighted by molar-refractivity contribution is 0.135. The molecular weight excluding hydrogens is 317 g/mol. The summed E-state index contributed by atoms with van der Waals surface area (Å²) in [6.45, 7) is 4.12. The maximum atomic E-state index is 5.98. The number of thiazole rings is 1. The maximum Gasteiger partial charge on any atom is 0.280 e. The molecule has 0 radical (unpaired) electrons. The molecule has 1 aliphatic heterocycles. The first kappa shape index (κ1) is 14.0. The first-order valence-corrected chi connectivity index (χ1v) is 7.91. The van der Waals surface area contributed by atoms with Crippen LogP contribution < -0.4 is 9.47 Å². The minimum Gasteiger partial charge on any atom is -0.483 e. The molecule has 6 heteroatoms. The zero-order valence-electron chi connectivity index (χ0n) is 11.1. The van der Waals surface area contributed by atoms with E-state index < -0.39 is 0 Å². The molecule has 1 aromatic carbocycles. The fraction of sp³-hybridized carbons (Fsp3) is 0.357. The molecule has 0 aliphatic carbocycles. The van der Waals surface area contributed by atoms with Crippen molar-refractivity contribution in [3.63, 3.8) is 0 Å². The average molecular weight is 330 g/mol. The molecule has 0 spiro atoms. The van der Waals surface area contributed by atoms with Gasteiger partial charge in [0.15, 0.2) is 11.5 Å². The van der Waals surface area contributed by atoms with Crippen LogP contribution >= 0.6 is 34.5 Å². The highest BCUT2D eigenvalue weighted by atomic mass is 35.5. The van der Waals surface area contributed by atoms with E-state index >= 15 is 0 Å². The number of ether oxygens (including phenoxy) is 2. The molecule has 2 aromatic rings. The summed E-state index contributed by atoms with van der Waals surface area (Å²) in [5.41, 5.74) is 0.941. The van der Waals surface area contributed by atoms with E-state index in [9.17, 15) is 0 Å². The molecule has 20 heavy (non-hydrogen) atoms. The van der Waals surface area contributed by atoms with Crippen LogP contribution in [0.3, 0.4) is 0 Å². The van der Waals surface area contributed by atoms with Gasteiger partial charge in [-0.2, -0.15) is 4.98 Å². The van der Waals surface area contributed by atoms with E-state index in [-0.39, 0.29) is 5.60 Å². The Bertz CT molecular complexity index is 655. The SMILES string of the molecule is CC1(C)Cc2cccc(Oc3nc(Cl)c(CCl)s3)c2O1. The van der Waals surface area contributed by atoms with Crippen LogP contribution in [0.4, 0.5) is 0 Å². The Morgan fingerprint density at radius 3 is 2.95 bits per heavy atom. The highest BCUT2D eigenvalue weighted by molar-refractivity contribution is 7.14. The number of para-hydroxylation sites is 1. The zero-order valence-corrected chi connectivity index (χ0v) is 13.4. The second-order valence-corrected chi connectivity index (χ2v) is 6.88. The third-order valence-corrected chi connectivity index (χ3v) is 4.79. The predicted octanol–water partition coefficient (Wildman–Crippen LogP) is 5.04. The van der Waals surface area contributed by atoms with Gasteiger partial charge in [-0.1, -0.05) is 35.1 Å². The number of hydrogen-bond donors (Lipinski definition) is 0. The Morgan fingerprint density at radius 1 is 1.45 bits per heavy atom. The zero-order chi connectivity index (χ0) is 14.3. The summed E-state index contributed by atoms with van der Waals surface area (Å²) >= 11 is 13.1. The van der Waals surface area contributed by atoms with Gasteiger partial charge in [-0.15, -0.1) is 11.6 Å². The van der Waals surface area contributed by atoms with E-state index in [1.807, 2.05) is 12.1 Å². The quantitative estimate of drug-likeness (QED) is 0.739. The molecule has 0 amide bonds. The molecular formula is C14H13Cl2NO2S. The molecule has 106 valence electrons. The lowest BCUT2D eigenvalue weighted by atomic mass is 10.0. The fourth-order valence-electron chi connectivity index (χ4n) is 2.20. The summed E-state index contributed by atoms with van der Waals surface area (Å²) in [6.07, 6.45) is 0.866. The smallest absolute Gasteiger partial charge is 0.280 e. The van der Waals surface area contributed by atoms with Crippen LogP contribution in [-0.2, 0) is 12.3 Å². The second-order valence-electron chi connectivity index (χ2n) is 5.21. The number of nitrogens with zero attached hydrogens (tertiary/aromatic N) is 1. The Balaban J connectivity index is 1.91. The molecule has 3 nitrogen and oxygen atoms in total. The topological polar surface area (TPSA) is 31.4 Å². The molecule has 0 saturated heterocycles. The van der Waals surface area contributed by atoms with E-state index in [2.05, 4.69) is 24.9 Å². The molecule has 3 rings (SSSR count). The summed E-state index contributed by atoms with van der Waals surface area (Å²) < 4.78 is 11.8. The largest absolute Gasteiger partial charge is 0.483 e. The van der Waals surface area contributed by atoms with Gasteiger partial charge < -0.3 is 9.47 Å². The van der Waals surface area contributed by atoms with Crippen molar-refractivity contribution < 1.29 is 9.47 Å². The minimum atomic E-state index is -0.205. The third-order valence-electron chi connectivity index (χ3n) is 3.00. The Labute approximate surface area is 131 Å². The number of benzene rings is 1. The van der Waals surface area contributed by atoms with Crippen LogP contribution in [-0.4, -0.2) is 10.6 Å². The molecule has 0 unspecified atom stereocenters. The average Bonchev–Trinajstić information content (AvgIpc) is 2.88. The van der Waals surface area contributed by atoms with Gasteiger partial charge >= 0.3 is 0 Å². The van der Waals surface area contributed by atoms with Gasteiger partial charge in [0, 0.05) is 12.0 Å². The minimum absolute atomic E-state index is 0.205. The normalized spacial score (nSPS) is 15.8. The molecule has 1 aromatic heterocycles. The molecule has 0 N–H and O–H groups in total. The molecule has 0 fully saturated rings. The summed E-state index contributed by atoms with van der Waals surface area (Å²) in [5, 5.41) is 0.876. The first-order chi connectivity index (χ1) is 9.48. The van der Waals surface area contributed by atoms with E-state index in [0.717, 1.165) is 22.6 Å². The molecule has 0 saturated carbocycles. The van der Waals surface area contributed by atoms with Gasteiger partial charge in [-0.25, -0.2) is 0 Å². The van der Waals surface area contributed by atoms with E-state index in [1.165, 1.54) is 11.3 Å². The lowest BCUT2D eigenvalue weighted by Crippen LogP contribution is -2.24. The van der Waals surface area contributed by atoms with Gasteiger partial charge in [0.1, 0.15) is 10.8 Å². The lowest BCUT2D eigenvalue weighted by Gasteiger charge is -2.17. The molecule has 0 atom stereocenters. The van der Waals surface area contributed by atoms with E-state index in [4.69, 9.17) is 32.7 Å². The van der Waals surface area contributed by atoms with Crippen molar-refractivity contribution in [2.75, 3.05) is 0 Å². The number of rotatable bonds is 3. The van der Waals surface area contributed by atoms with Crippen molar-refractivity contribution in [2.24, 2.45) is 0 Å². The van der Waals surface area contributed by atoms with Crippen LogP contribution in [0.1, 0.15) is 24.3 Å². The highest BCUT2D eigenvalue weighted by Crippen LogP contribution is 2.44. The van der Waals surface area contributed by atoms with Gasteiger partial charge in [0.25, 0.3) is 5.19 Å². The third kappa shape index (κ3) is 2.60. The number of halogens is 2. The van der Waals surface area contributed by atoms with Crippen LogP contribution in [0.2, 0.25) is 5.15 Å². The second kappa shape index (κ2) is 5.10. The van der Waals surface area contributed by atoms with Crippen molar-refractivity contribution >= 4 is 34.5 Å². The summed E-state index contributed by atoms with van der Waals surface area (Å²) in [6, 6.07) is 5.88. The summed E-state index contributed by atoms with van der Waals surface area (Å²) in [5.74, 6) is 1.78. The van der Waals surface area contributed by atoms with Crippen molar-refractivity contribution in [2.45, 2.75) is 31.7 Å². The fourth-order valence-corrected chi connectivity index (χ4v) is 3.53. The maximum absolute atomic E-state index is 5.98. The number of fused-ring (bicyclic) bond motifs is 1. The number of hydrogen-bond acceptors (Lipinski definition) is 4. The van der Waals surface area contributed by atoms with Gasteiger partial charge in [-0.05, 0) is 19.9 Å². The van der Waals surface area contributed by atoms with E-state index in [1.54, 1.807) is 0 Å². The number of alkyl halides is 1. The summed E-state index contributed by atoms with van der Waals surface area (Å²) in [4.78, 5) is 4.96. The molecule has 1 aliphatic rings. The van der Waals surface area contributed by atoms with Crippen LogP contribution in [0.5, 0.6) is 16.7 Å². The Kier molecular flexibility index (Phi) is 3.56. The highest BCUT2D eigenvalue weighted by Gasteiger charge is 2.32. The van der Waals surface area contributed by atoms with Crippen molar-refractivity contribution in [3.8, 4) is 16.7 Å². The van der Waals surface area contributed by atoms with Crippen molar-refractivity contribution in [1.29, 1.82) is 0 Å². The first-order valence-electron chi connectivity index (χ1n) is 6.18. The predicted molar refractivity (Wildman–Crippen MR) is 81.6 cm³/mol. The molecule has 0 bridgehead atoms. The Morgan fingerprint density at radius 2 is 2.25 bits per heavy atom. The van der Waals surface area contributed by atoms with Gasteiger partial charge in [0.05, 0.1) is 10.8 Å². The van der Waals surface area contributed by atoms with Crippen LogP contribution in [0.25, 0.3) is 0 Å². The van der Waals surface area contributed by atoms with Gasteiger partial charge in [0.2, 0.25) is 0 Å². The standard InChI is InChI=1S/C14H13Cl2NO2S/c1-14(2)6-8-4-3-5-9(11(8)19-14)18-13-17-12(16)10(7-15)20-13/h3-5H,6-7H2,1-2H3. The monoisotopic (exact) mass is 329 g/mol. The van der Waals surface area contributed by atoms with Crippen molar-refractivity contribution in [1.82, 2.24) is 4.98 Å². The van der Waals surface area contributed by atoms with Gasteiger partial charge in [-0.3, -0.25) is 0 Å².